The first kappa shape index (κ1) is 14.3. The molecule has 0 atom stereocenters. The van der Waals surface area contributed by atoms with E-state index in [0.29, 0.717) is 13.2 Å². The fraction of sp³-hybridized carbons (Fsp3) is 0.250. The van der Waals surface area contributed by atoms with Crippen molar-refractivity contribution in [1.82, 2.24) is 0 Å². The van der Waals surface area contributed by atoms with Crippen molar-refractivity contribution in [1.29, 1.82) is 0 Å². The molecule has 0 radical (unpaired) electrons. The molecular weight excluding hydrogens is 257 g/mol. The molecule has 2 aromatic carbocycles. The second kappa shape index (κ2) is 6.91. The van der Waals surface area contributed by atoms with E-state index in [0.717, 1.165) is 22.6 Å². The van der Waals surface area contributed by atoms with Gasteiger partial charge in [-0.25, -0.2) is 4.39 Å². The fourth-order valence-corrected chi connectivity index (χ4v) is 1.98. The van der Waals surface area contributed by atoms with Crippen LogP contribution in [0.25, 0.3) is 0 Å². The van der Waals surface area contributed by atoms with Crippen molar-refractivity contribution in [3.05, 3.63) is 59.4 Å². The topological polar surface area (TPSA) is 30.5 Å². The Morgan fingerprint density at radius 3 is 2.60 bits per heavy atom. The van der Waals surface area contributed by atoms with Crippen LogP contribution in [-0.4, -0.2) is 14.2 Å². The third-order valence-electron chi connectivity index (χ3n) is 2.95. The maximum absolute atomic E-state index is 13.1. The van der Waals surface area contributed by atoms with Crippen molar-refractivity contribution < 1.29 is 13.9 Å². The molecule has 20 heavy (non-hydrogen) atoms. The predicted molar refractivity (Wildman–Crippen MR) is 77.4 cm³/mol. The minimum absolute atomic E-state index is 0.230. The molecule has 2 aromatic rings. The van der Waals surface area contributed by atoms with Gasteiger partial charge in [0.25, 0.3) is 0 Å². The summed E-state index contributed by atoms with van der Waals surface area (Å²) in [4.78, 5) is 0. The molecule has 3 nitrogen and oxygen atoms in total. The number of methoxy groups -OCH3 is 2. The largest absolute Gasteiger partial charge is 0.495 e. The van der Waals surface area contributed by atoms with E-state index in [2.05, 4.69) is 5.32 Å². The van der Waals surface area contributed by atoms with Crippen LogP contribution in [0.15, 0.2) is 42.5 Å². The molecule has 0 amide bonds. The molecular formula is C16H18FNO2. The Kier molecular flexibility index (Phi) is 4.96. The normalized spacial score (nSPS) is 10.3. The highest BCUT2D eigenvalue weighted by atomic mass is 19.1. The summed E-state index contributed by atoms with van der Waals surface area (Å²) in [6, 6.07) is 12.4. The average Bonchev–Trinajstić information content (AvgIpc) is 2.46. The molecule has 0 aliphatic heterocycles. The van der Waals surface area contributed by atoms with Crippen LogP contribution in [0.4, 0.5) is 10.1 Å². The third-order valence-corrected chi connectivity index (χ3v) is 2.95. The van der Waals surface area contributed by atoms with E-state index in [1.807, 2.05) is 24.3 Å². The summed E-state index contributed by atoms with van der Waals surface area (Å²) < 4.78 is 23.6. The Bertz CT molecular complexity index is 572. The molecule has 0 saturated heterocycles. The van der Waals surface area contributed by atoms with Gasteiger partial charge in [0, 0.05) is 13.7 Å². The Morgan fingerprint density at radius 1 is 1.05 bits per heavy atom. The third kappa shape index (κ3) is 3.71. The van der Waals surface area contributed by atoms with Crippen molar-refractivity contribution in [2.24, 2.45) is 0 Å². The highest BCUT2D eigenvalue weighted by molar-refractivity contribution is 5.58. The summed E-state index contributed by atoms with van der Waals surface area (Å²) in [5.74, 6) is 0.516. The molecule has 0 saturated carbocycles. The summed E-state index contributed by atoms with van der Waals surface area (Å²) in [6.07, 6.45) is 0. The van der Waals surface area contributed by atoms with Gasteiger partial charge in [0.05, 0.1) is 19.4 Å². The van der Waals surface area contributed by atoms with Gasteiger partial charge in [-0.3, -0.25) is 0 Å². The van der Waals surface area contributed by atoms with Crippen molar-refractivity contribution in [3.8, 4) is 5.75 Å². The maximum Gasteiger partial charge on any atom is 0.142 e. The molecule has 4 heteroatoms. The minimum atomic E-state index is -0.230. The lowest BCUT2D eigenvalue weighted by molar-refractivity contribution is 0.184. The van der Waals surface area contributed by atoms with Gasteiger partial charge in [-0.1, -0.05) is 18.2 Å². The Morgan fingerprint density at radius 2 is 1.90 bits per heavy atom. The van der Waals surface area contributed by atoms with Crippen molar-refractivity contribution >= 4 is 5.69 Å². The number of ether oxygens (including phenoxy) is 2. The first-order chi connectivity index (χ1) is 9.72. The number of benzene rings is 2. The summed E-state index contributed by atoms with van der Waals surface area (Å²) >= 11 is 0. The highest BCUT2D eigenvalue weighted by Gasteiger charge is 2.04. The zero-order chi connectivity index (χ0) is 14.4. The Labute approximate surface area is 118 Å². The Balaban J connectivity index is 2.09. The summed E-state index contributed by atoms with van der Waals surface area (Å²) in [7, 11) is 3.28. The fourth-order valence-electron chi connectivity index (χ4n) is 1.98. The number of hydrogen-bond acceptors (Lipinski definition) is 3. The summed E-state index contributed by atoms with van der Waals surface area (Å²) in [5.41, 5.74) is 2.80. The van der Waals surface area contributed by atoms with Crippen LogP contribution in [0.5, 0.6) is 5.75 Å². The molecule has 0 aliphatic carbocycles. The van der Waals surface area contributed by atoms with Gasteiger partial charge in [0.15, 0.2) is 0 Å². The van der Waals surface area contributed by atoms with Crippen molar-refractivity contribution in [2.45, 2.75) is 13.2 Å². The van der Waals surface area contributed by atoms with Gasteiger partial charge in [-0.2, -0.15) is 0 Å². The van der Waals surface area contributed by atoms with Gasteiger partial charge < -0.3 is 14.8 Å². The van der Waals surface area contributed by atoms with Crippen molar-refractivity contribution in [3.63, 3.8) is 0 Å². The van der Waals surface area contributed by atoms with Crippen LogP contribution in [0.2, 0.25) is 0 Å². The second-order valence-electron chi connectivity index (χ2n) is 4.45. The van der Waals surface area contributed by atoms with E-state index >= 15 is 0 Å². The second-order valence-corrected chi connectivity index (χ2v) is 4.45. The van der Waals surface area contributed by atoms with Crippen LogP contribution >= 0.6 is 0 Å². The molecule has 0 aromatic heterocycles. The molecule has 106 valence electrons. The predicted octanol–water partition coefficient (Wildman–Crippen LogP) is 3.59. The zero-order valence-corrected chi connectivity index (χ0v) is 11.7. The smallest absolute Gasteiger partial charge is 0.142 e. The maximum atomic E-state index is 13.1. The molecule has 0 spiro atoms. The first-order valence-electron chi connectivity index (χ1n) is 6.37. The number of halogens is 1. The van der Waals surface area contributed by atoms with E-state index in [1.54, 1.807) is 20.3 Å². The van der Waals surface area contributed by atoms with Crippen LogP contribution in [-0.2, 0) is 17.9 Å². The summed E-state index contributed by atoms with van der Waals surface area (Å²) in [6.45, 7) is 1.08. The molecule has 0 heterocycles. The van der Waals surface area contributed by atoms with Crippen LogP contribution in [0.1, 0.15) is 11.1 Å². The lowest BCUT2D eigenvalue weighted by Crippen LogP contribution is -2.02. The van der Waals surface area contributed by atoms with Crippen LogP contribution in [0.3, 0.4) is 0 Å². The van der Waals surface area contributed by atoms with Gasteiger partial charge in [-0.05, 0) is 35.4 Å². The molecule has 0 aliphatic rings. The molecule has 0 fully saturated rings. The highest BCUT2D eigenvalue weighted by Crippen LogP contribution is 2.26. The van der Waals surface area contributed by atoms with Gasteiger partial charge in [0.2, 0.25) is 0 Å². The van der Waals surface area contributed by atoms with E-state index in [1.165, 1.54) is 12.1 Å². The SMILES string of the molecule is COCc1ccc(NCc2cccc(F)c2)c(OC)c1. The number of hydrogen-bond donors (Lipinski definition) is 1. The standard InChI is InChI=1S/C16H18FNO2/c1-19-11-13-6-7-15(16(9-13)20-2)18-10-12-4-3-5-14(17)8-12/h3-9,18H,10-11H2,1-2H3. The quantitative estimate of drug-likeness (QED) is 0.874. The lowest BCUT2D eigenvalue weighted by atomic mass is 10.1. The number of anilines is 1. The Hall–Kier alpha value is -2.07. The summed E-state index contributed by atoms with van der Waals surface area (Å²) in [5, 5.41) is 3.24. The van der Waals surface area contributed by atoms with Crippen LogP contribution < -0.4 is 10.1 Å². The molecule has 2 rings (SSSR count). The molecule has 0 unspecified atom stereocenters. The minimum Gasteiger partial charge on any atom is -0.495 e. The van der Waals surface area contributed by atoms with Gasteiger partial charge in [-0.15, -0.1) is 0 Å². The van der Waals surface area contributed by atoms with E-state index in [9.17, 15) is 4.39 Å². The van der Waals surface area contributed by atoms with Gasteiger partial charge in [0.1, 0.15) is 11.6 Å². The average molecular weight is 275 g/mol. The molecule has 0 bridgehead atoms. The first-order valence-corrected chi connectivity index (χ1v) is 6.37. The lowest BCUT2D eigenvalue weighted by Gasteiger charge is -2.13. The number of nitrogens with one attached hydrogen (secondary N) is 1. The van der Waals surface area contributed by atoms with Crippen molar-refractivity contribution in [2.75, 3.05) is 19.5 Å². The zero-order valence-electron chi connectivity index (χ0n) is 11.7. The molecule has 1 N–H and O–H groups in total. The monoisotopic (exact) mass is 275 g/mol. The van der Waals surface area contributed by atoms with Gasteiger partial charge >= 0.3 is 0 Å². The van der Waals surface area contributed by atoms with E-state index in [-0.39, 0.29) is 5.82 Å². The van der Waals surface area contributed by atoms with E-state index < -0.39 is 0 Å². The number of rotatable bonds is 6. The van der Waals surface area contributed by atoms with E-state index in [4.69, 9.17) is 9.47 Å². The van der Waals surface area contributed by atoms with Crippen LogP contribution in [0, 0.1) is 5.82 Å².